The third kappa shape index (κ3) is 1.86. The number of carbonyl (C=O) groups excluding carboxylic acids is 1. The summed E-state index contributed by atoms with van der Waals surface area (Å²) in [5.74, 6) is -1.69. The van der Waals surface area contributed by atoms with Crippen molar-refractivity contribution in [3.63, 3.8) is 0 Å². The summed E-state index contributed by atoms with van der Waals surface area (Å²) in [6.45, 7) is 0. The van der Waals surface area contributed by atoms with Gasteiger partial charge in [0, 0.05) is 11.6 Å². The molecule has 0 fully saturated rings. The normalized spacial score (nSPS) is 10.7. The highest BCUT2D eigenvalue weighted by atomic mass is 16.4. The molecule has 7 heteroatoms. The van der Waals surface area contributed by atoms with Gasteiger partial charge in [-0.1, -0.05) is 0 Å². The SMILES string of the molecule is O=C(O)c1ncc2cc(C(=O)c3ccco3)[nH]c2n1. The minimum atomic E-state index is -1.23. The number of ketones is 1. The predicted octanol–water partition coefficient (Wildman–Crippen LogP) is 1.48. The highest BCUT2D eigenvalue weighted by Crippen LogP contribution is 2.16. The summed E-state index contributed by atoms with van der Waals surface area (Å²) in [7, 11) is 0. The van der Waals surface area contributed by atoms with E-state index in [9.17, 15) is 9.59 Å². The molecular weight excluding hydrogens is 250 g/mol. The van der Waals surface area contributed by atoms with Crippen LogP contribution in [0.15, 0.2) is 35.1 Å². The standard InChI is InChI=1S/C12H7N3O4/c16-9(8-2-1-3-19-8)7-4-6-5-13-11(12(17)18)15-10(6)14-7/h1-5H,(H,17,18)(H,13,14,15). The lowest BCUT2D eigenvalue weighted by Gasteiger charge is -1.92. The summed E-state index contributed by atoms with van der Waals surface area (Å²) in [6, 6.07) is 4.70. The summed E-state index contributed by atoms with van der Waals surface area (Å²) in [5.41, 5.74) is 0.559. The van der Waals surface area contributed by atoms with Gasteiger partial charge in [0.05, 0.1) is 12.0 Å². The molecule has 0 amide bonds. The van der Waals surface area contributed by atoms with Crippen LogP contribution in [0.1, 0.15) is 26.9 Å². The van der Waals surface area contributed by atoms with E-state index in [1.807, 2.05) is 0 Å². The quantitative estimate of drug-likeness (QED) is 0.688. The first kappa shape index (κ1) is 11.1. The van der Waals surface area contributed by atoms with Crippen LogP contribution in [-0.4, -0.2) is 31.8 Å². The van der Waals surface area contributed by atoms with Crippen molar-refractivity contribution in [3.8, 4) is 0 Å². The summed E-state index contributed by atoms with van der Waals surface area (Å²) in [6.07, 6.45) is 2.75. The van der Waals surface area contributed by atoms with Crippen molar-refractivity contribution < 1.29 is 19.1 Å². The van der Waals surface area contributed by atoms with Gasteiger partial charge in [-0.3, -0.25) is 4.79 Å². The molecule has 0 saturated carbocycles. The fraction of sp³-hybridized carbons (Fsp3) is 0. The van der Waals surface area contributed by atoms with Crippen LogP contribution in [0.3, 0.4) is 0 Å². The largest absolute Gasteiger partial charge is 0.475 e. The van der Waals surface area contributed by atoms with Crippen molar-refractivity contribution in [1.82, 2.24) is 15.0 Å². The molecule has 0 bridgehead atoms. The number of carboxylic acid groups (broad SMARTS) is 1. The molecule has 0 spiro atoms. The van der Waals surface area contributed by atoms with Gasteiger partial charge in [0.25, 0.3) is 0 Å². The number of hydrogen-bond donors (Lipinski definition) is 2. The van der Waals surface area contributed by atoms with Gasteiger partial charge in [-0.25, -0.2) is 14.8 Å². The maximum atomic E-state index is 12.0. The molecular formula is C12H7N3O4. The maximum absolute atomic E-state index is 12.0. The molecule has 0 aliphatic carbocycles. The molecule has 0 radical (unpaired) electrons. The molecule has 94 valence electrons. The van der Waals surface area contributed by atoms with Crippen molar-refractivity contribution in [3.05, 3.63) is 47.9 Å². The van der Waals surface area contributed by atoms with E-state index in [-0.39, 0.29) is 23.1 Å². The van der Waals surface area contributed by atoms with Crippen molar-refractivity contribution in [1.29, 1.82) is 0 Å². The number of fused-ring (bicyclic) bond motifs is 1. The van der Waals surface area contributed by atoms with E-state index in [1.54, 1.807) is 18.2 Å². The number of aromatic nitrogens is 3. The van der Waals surface area contributed by atoms with Crippen LogP contribution in [0.5, 0.6) is 0 Å². The van der Waals surface area contributed by atoms with Crippen LogP contribution in [0.25, 0.3) is 11.0 Å². The van der Waals surface area contributed by atoms with Crippen LogP contribution in [-0.2, 0) is 0 Å². The van der Waals surface area contributed by atoms with E-state index < -0.39 is 5.97 Å². The van der Waals surface area contributed by atoms with Crippen molar-refractivity contribution in [2.75, 3.05) is 0 Å². The van der Waals surface area contributed by atoms with Gasteiger partial charge in [0.2, 0.25) is 11.6 Å². The number of nitrogens with zero attached hydrogens (tertiary/aromatic N) is 2. The summed E-state index contributed by atoms with van der Waals surface area (Å²) in [5, 5.41) is 9.35. The molecule has 3 aromatic heterocycles. The van der Waals surface area contributed by atoms with Crippen LogP contribution in [0.2, 0.25) is 0 Å². The molecule has 3 rings (SSSR count). The molecule has 3 heterocycles. The average molecular weight is 257 g/mol. The molecule has 0 saturated heterocycles. The molecule has 2 N–H and O–H groups in total. The van der Waals surface area contributed by atoms with Crippen LogP contribution >= 0.6 is 0 Å². The second-order valence-corrected chi connectivity index (χ2v) is 3.79. The lowest BCUT2D eigenvalue weighted by Crippen LogP contribution is -2.03. The number of rotatable bonds is 3. The molecule has 0 atom stereocenters. The van der Waals surface area contributed by atoms with Crippen molar-refractivity contribution >= 4 is 22.8 Å². The third-order valence-corrected chi connectivity index (χ3v) is 2.55. The molecule has 19 heavy (non-hydrogen) atoms. The molecule has 7 nitrogen and oxygen atoms in total. The molecule has 0 aromatic carbocycles. The van der Waals surface area contributed by atoms with Crippen LogP contribution < -0.4 is 0 Å². The Morgan fingerprint density at radius 2 is 2.21 bits per heavy atom. The van der Waals surface area contributed by atoms with Gasteiger partial charge in [-0.05, 0) is 18.2 Å². The van der Waals surface area contributed by atoms with E-state index in [0.717, 1.165) is 0 Å². The molecule has 3 aromatic rings. The summed E-state index contributed by atoms with van der Waals surface area (Å²) in [4.78, 5) is 33.0. The van der Waals surface area contributed by atoms with Crippen LogP contribution in [0.4, 0.5) is 0 Å². The monoisotopic (exact) mass is 257 g/mol. The summed E-state index contributed by atoms with van der Waals surface area (Å²) < 4.78 is 5.01. The van der Waals surface area contributed by atoms with E-state index in [4.69, 9.17) is 9.52 Å². The fourth-order valence-electron chi connectivity index (χ4n) is 1.68. The highest BCUT2D eigenvalue weighted by Gasteiger charge is 2.16. The second-order valence-electron chi connectivity index (χ2n) is 3.79. The Morgan fingerprint density at radius 3 is 2.89 bits per heavy atom. The first-order valence-corrected chi connectivity index (χ1v) is 5.32. The zero-order valence-corrected chi connectivity index (χ0v) is 9.45. The van der Waals surface area contributed by atoms with E-state index >= 15 is 0 Å². The number of carbonyl (C=O) groups is 2. The zero-order valence-electron chi connectivity index (χ0n) is 9.45. The predicted molar refractivity (Wildman–Crippen MR) is 63.0 cm³/mol. The topological polar surface area (TPSA) is 109 Å². The zero-order chi connectivity index (χ0) is 13.4. The van der Waals surface area contributed by atoms with Crippen molar-refractivity contribution in [2.24, 2.45) is 0 Å². The van der Waals surface area contributed by atoms with E-state index in [1.165, 1.54) is 12.5 Å². The first-order chi connectivity index (χ1) is 9.15. The average Bonchev–Trinajstić information content (AvgIpc) is 3.06. The van der Waals surface area contributed by atoms with Gasteiger partial charge < -0.3 is 14.5 Å². The van der Waals surface area contributed by atoms with Gasteiger partial charge in [0.1, 0.15) is 5.65 Å². The third-order valence-electron chi connectivity index (χ3n) is 2.55. The number of furan rings is 1. The smallest absolute Gasteiger partial charge is 0.374 e. The molecule has 0 aliphatic rings. The Balaban J connectivity index is 2.07. The number of hydrogen-bond acceptors (Lipinski definition) is 5. The molecule has 0 unspecified atom stereocenters. The van der Waals surface area contributed by atoms with E-state index in [0.29, 0.717) is 11.0 Å². The molecule has 0 aliphatic heterocycles. The number of aromatic carboxylic acids is 1. The number of H-pyrrole nitrogens is 1. The lowest BCUT2D eigenvalue weighted by molar-refractivity contribution is 0.0683. The van der Waals surface area contributed by atoms with Crippen molar-refractivity contribution in [2.45, 2.75) is 0 Å². The van der Waals surface area contributed by atoms with E-state index in [2.05, 4.69) is 15.0 Å². The first-order valence-electron chi connectivity index (χ1n) is 5.32. The highest BCUT2D eigenvalue weighted by molar-refractivity contribution is 6.08. The summed E-state index contributed by atoms with van der Waals surface area (Å²) >= 11 is 0. The number of aromatic amines is 1. The Bertz CT molecular complexity index is 773. The van der Waals surface area contributed by atoms with Gasteiger partial charge in [-0.15, -0.1) is 0 Å². The van der Waals surface area contributed by atoms with Gasteiger partial charge in [-0.2, -0.15) is 0 Å². The number of nitrogens with one attached hydrogen (secondary N) is 1. The fourth-order valence-corrected chi connectivity index (χ4v) is 1.68. The maximum Gasteiger partial charge on any atom is 0.374 e. The minimum Gasteiger partial charge on any atom is -0.475 e. The Labute approximate surface area is 105 Å². The second kappa shape index (κ2) is 4.05. The van der Waals surface area contributed by atoms with Gasteiger partial charge >= 0.3 is 5.97 Å². The Morgan fingerprint density at radius 1 is 1.37 bits per heavy atom. The Kier molecular flexibility index (Phi) is 2.38. The van der Waals surface area contributed by atoms with Gasteiger partial charge in [0.15, 0.2) is 5.76 Å². The Hall–Kier alpha value is -2.96. The lowest BCUT2D eigenvalue weighted by atomic mass is 10.2. The minimum absolute atomic E-state index is 0.193. The van der Waals surface area contributed by atoms with Crippen LogP contribution in [0, 0.1) is 0 Å². The number of carboxylic acids is 1.